The first-order valence-corrected chi connectivity index (χ1v) is 6.53. The molecule has 2 rings (SSSR count). The van der Waals surface area contributed by atoms with Crippen LogP contribution in [0, 0.1) is 6.92 Å². The van der Waals surface area contributed by atoms with Crippen molar-refractivity contribution in [3.63, 3.8) is 0 Å². The van der Waals surface area contributed by atoms with Crippen molar-refractivity contribution >= 4 is 5.69 Å². The third-order valence-corrected chi connectivity index (χ3v) is 2.63. The van der Waals surface area contributed by atoms with Crippen molar-refractivity contribution in [2.45, 2.75) is 26.8 Å². The van der Waals surface area contributed by atoms with Gasteiger partial charge < -0.3 is 10.1 Å². The van der Waals surface area contributed by atoms with Gasteiger partial charge in [0.25, 0.3) is 0 Å². The quantitative estimate of drug-likeness (QED) is 0.863. The van der Waals surface area contributed by atoms with Gasteiger partial charge in [-0.05, 0) is 43.7 Å². The lowest BCUT2D eigenvalue weighted by molar-refractivity contribution is 0.317. The van der Waals surface area contributed by atoms with E-state index in [2.05, 4.69) is 22.2 Å². The van der Waals surface area contributed by atoms with Gasteiger partial charge in [-0.2, -0.15) is 0 Å². The molecule has 100 valence electrons. The van der Waals surface area contributed by atoms with Crippen LogP contribution in [0.25, 0.3) is 0 Å². The number of rotatable bonds is 6. The summed E-state index contributed by atoms with van der Waals surface area (Å²) >= 11 is 0. The van der Waals surface area contributed by atoms with Crippen molar-refractivity contribution < 1.29 is 4.74 Å². The summed E-state index contributed by atoms with van der Waals surface area (Å²) in [4.78, 5) is 8.43. The Hall–Kier alpha value is -2.10. The van der Waals surface area contributed by atoms with E-state index in [0.717, 1.165) is 36.0 Å². The lowest BCUT2D eigenvalue weighted by Crippen LogP contribution is -2.03. The van der Waals surface area contributed by atoms with Crippen molar-refractivity contribution in [1.29, 1.82) is 0 Å². The third kappa shape index (κ3) is 4.25. The van der Waals surface area contributed by atoms with Crippen molar-refractivity contribution in [3.05, 3.63) is 48.0 Å². The normalized spacial score (nSPS) is 10.2. The highest BCUT2D eigenvalue weighted by atomic mass is 16.5. The molecule has 0 aliphatic rings. The Morgan fingerprint density at radius 1 is 1.16 bits per heavy atom. The highest BCUT2D eigenvalue weighted by Gasteiger charge is 1.97. The molecule has 0 amide bonds. The Bertz CT molecular complexity index is 511. The fourth-order valence-corrected chi connectivity index (χ4v) is 1.69. The van der Waals surface area contributed by atoms with Crippen molar-refractivity contribution in [1.82, 2.24) is 9.97 Å². The molecule has 1 heterocycles. The number of anilines is 1. The Morgan fingerprint density at radius 2 is 1.95 bits per heavy atom. The molecule has 4 nitrogen and oxygen atoms in total. The molecule has 0 spiro atoms. The molecule has 0 aliphatic carbocycles. The Balaban J connectivity index is 1.89. The van der Waals surface area contributed by atoms with Gasteiger partial charge in [0.05, 0.1) is 18.8 Å². The van der Waals surface area contributed by atoms with Crippen LogP contribution in [0.4, 0.5) is 5.69 Å². The molecule has 19 heavy (non-hydrogen) atoms. The van der Waals surface area contributed by atoms with Crippen molar-refractivity contribution in [2.24, 2.45) is 0 Å². The molecule has 4 heteroatoms. The minimum absolute atomic E-state index is 0.693. The van der Waals surface area contributed by atoms with E-state index in [1.54, 1.807) is 6.20 Å². The van der Waals surface area contributed by atoms with Gasteiger partial charge >= 0.3 is 0 Å². The number of nitrogens with zero attached hydrogens (tertiary/aromatic N) is 2. The first kappa shape index (κ1) is 13.3. The number of aryl methyl sites for hydroxylation is 1. The summed E-state index contributed by atoms with van der Waals surface area (Å²) in [6.07, 6.45) is 2.80. The highest BCUT2D eigenvalue weighted by molar-refractivity contribution is 5.46. The summed E-state index contributed by atoms with van der Waals surface area (Å²) in [7, 11) is 0. The Labute approximate surface area is 113 Å². The maximum atomic E-state index is 5.54. The van der Waals surface area contributed by atoms with Crippen LogP contribution in [0.2, 0.25) is 0 Å². The molecule has 0 bridgehead atoms. The topological polar surface area (TPSA) is 47.0 Å². The average molecular weight is 257 g/mol. The molecule has 1 N–H and O–H groups in total. The number of ether oxygens (including phenoxy) is 1. The molecule has 0 unspecified atom stereocenters. The largest absolute Gasteiger partial charge is 0.494 e. The molecule has 1 aromatic carbocycles. The van der Waals surface area contributed by atoms with Crippen LogP contribution in [0.5, 0.6) is 5.75 Å². The number of nitrogens with one attached hydrogen (secondary N) is 1. The fraction of sp³-hybridized carbons (Fsp3) is 0.333. The molecular formula is C15H19N3O. The zero-order valence-electron chi connectivity index (χ0n) is 11.4. The van der Waals surface area contributed by atoms with Gasteiger partial charge in [-0.3, -0.25) is 0 Å². The maximum Gasteiger partial charge on any atom is 0.125 e. The Kier molecular flexibility index (Phi) is 4.72. The van der Waals surface area contributed by atoms with Crippen LogP contribution >= 0.6 is 0 Å². The van der Waals surface area contributed by atoms with Crippen LogP contribution in [0.15, 0.2) is 36.5 Å². The van der Waals surface area contributed by atoms with Gasteiger partial charge in [-0.15, -0.1) is 0 Å². The van der Waals surface area contributed by atoms with E-state index in [4.69, 9.17) is 4.74 Å². The van der Waals surface area contributed by atoms with E-state index < -0.39 is 0 Å². The monoisotopic (exact) mass is 257 g/mol. The predicted octanol–water partition coefficient (Wildman–Crippen LogP) is 3.19. The lowest BCUT2D eigenvalue weighted by atomic mass is 10.3. The molecule has 2 aromatic rings. The van der Waals surface area contributed by atoms with Gasteiger partial charge in [0.2, 0.25) is 0 Å². The van der Waals surface area contributed by atoms with Gasteiger partial charge in [-0.1, -0.05) is 6.92 Å². The SMILES string of the molecule is CCCOc1ccc(NCc2ccnc(C)n2)cc1. The molecule has 0 fully saturated rings. The summed E-state index contributed by atoms with van der Waals surface area (Å²) in [5, 5.41) is 3.33. The number of hydrogen-bond acceptors (Lipinski definition) is 4. The molecular weight excluding hydrogens is 238 g/mol. The second-order valence-electron chi connectivity index (χ2n) is 4.32. The first-order chi connectivity index (χ1) is 9.28. The standard InChI is InChI=1S/C15H19N3O/c1-3-10-19-15-6-4-13(5-7-15)17-11-14-8-9-16-12(2)18-14/h4-9,17H,3,10-11H2,1-2H3. The third-order valence-electron chi connectivity index (χ3n) is 2.63. The minimum Gasteiger partial charge on any atom is -0.494 e. The second-order valence-corrected chi connectivity index (χ2v) is 4.32. The minimum atomic E-state index is 0.693. The summed E-state index contributed by atoms with van der Waals surface area (Å²) in [6, 6.07) is 9.89. The molecule has 1 aromatic heterocycles. The van der Waals surface area contributed by atoms with Gasteiger partial charge in [0.1, 0.15) is 11.6 Å². The van der Waals surface area contributed by atoms with E-state index in [1.165, 1.54) is 0 Å². The summed E-state index contributed by atoms with van der Waals surface area (Å²) < 4.78 is 5.54. The summed E-state index contributed by atoms with van der Waals surface area (Å²) in [6.45, 7) is 5.44. The zero-order chi connectivity index (χ0) is 13.5. The maximum absolute atomic E-state index is 5.54. The van der Waals surface area contributed by atoms with E-state index in [0.29, 0.717) is 6.54 Å². The smallest absolute Gasteiger partial charge is 0.125 e. The predicted molar refractivity (Wildman–Crippen MR) is 76.3 cm³/mol. The van der Waals surface area contributed by atoms with E-state index in [9.17, 15) is 0 Å². The van der Waals surface area contributed by atoms with Gasteiger partial charge in [0.15, 0.2) is 0 Å². The number of hydrogen-bond donors (Lipinski definition) is 1. The van der Waals surface area contributed by atoms with Crippen LogP contribution in [-0.2, 0) is 6.54 Å². The van der Waals surface area contributed by atoms with Gasteiger partial charge in [-0.25, -0.2) is 9.97 Å². The van der Waals surface area contributed by atoms with E-state index in [-0.39, 0.29) is 0 Å². The number of benzene rings is 1. The molecule has 0 saturated heterocycles. The van der Waals surface area contributed by atoms with Crippen LogP contribution in [0.1, 0.15) is 24.9 Å². The molecule has 0 saturated carbocycles. The van der Waals surface area contributed by atoms with Crippen molar-refractivity contribution in [3.8, 4) is 5.75 Å². The lowest BCUT2D eigenvalue weighted by Gasteiger charge is -2.08. The van der Waals surface area contributed by atoms with Gasteiger partial charge in [0, 0.05) is 11.9 Å². The van der Waals surface area contributed by atoms with Crippen LogP contribution < -0.4 is 10.1 Å². The highest BCUT2D eigenvalue weighted by Crippen LogP contribution is 2.16. The first-order valence-electron chi connectivity index (χ1n) is 6.53. The van der Waals surface area contributed by atoms with Crippen LogP contribution in [-0.4, -0.2) is 16.6 Å². The molecule has 0 radical (unpaired) electrons. The molecule has 0 aliphatic heterocycles. The van der Waals surface area contributed by atoms with Crippen LogP contribution in [0.3, 0.4) is 0 Å². The summed E-state index contributed by atoms with van der Waals surface area (Å²) in [5.41, 5.74) is 2.04. The Morgan fingerprint density at radius 3 is 2.63 bits per heavy atom. The molecule has 0 atom stereocenters. The van der Waals surface area contributed by atoms with E-state index >= 15 is 0 Å². The van der Waals surface area contributed by atoms with E-state index in [1.807, 2.05) is 37.3 Å². The fourth-order valence-electron chi connectivity index (χ4n) is 1.69. The number of aromatic nitrogens is 2. The summed E-state index contributed by atoms with van der Waals surface area (Å²) in [5.74, 6) is 1.70. The zero-order valence-corrected chi connectivity index (χ0v) is 11.4. The second kappa shape index (κ2) is 6.73. The average Bonchev–Trinajstić information content (AvgIpc) is 2.44. The van der Waals surface area contributed by atoms with Crippen molar-refractivity contribution in [2.75, 3.05) is 11.9 Å².